The van der Waals surface area contributed by atoms with E-state index < -0.39 is 5.72 Å². The Hall–Kier alpha value is -2.63. The van der Waals surface area contributed by atoms with Crippen LogP contribution in [0.15, 0.2) is 73.3 Å². The van der Waals surface area contributed by atoms with Crippen molar-refractivity contribution in [2.45, 2.75) is 51.2 Å². The summed E-state index contributed by atoms with van der Waals surface area (Å²) in [6, 6.07) is 19.8. The van der Waals surface area contributed by atoms with Gasteiger partial charge in [0.05, 0.1) is 12.6 Å². The summed E-state index contributed by atoms with van der Waals surface area (Å²) in [5.74, 6) is 0. The Bertz CT molecular complexity index is 792. The number of hydrogen-bond acceptors (Lipinski definition) is 4. The highest BCUT2D eigenvalue weighted by molar-refractivity contribution is 5.69. The molecule has 0 aromatic heterocycles. The van der Waals surface area contributed by atoms with Crippen LogP contribution in [0.1, 0.15) is 31.4 Å². The molecule has 0 saturated carbocycles. The molecule has 0 radical (unpaired) electrons. The molecule has 5 nitrogen and oxygen atoms in total. The Labute approximate surface area is 173 Å². The average molecular weight is 395 g/mol. The Balaban J connectivity index is 1.70. The van der Waals surface area contributed by atoms with Gasteiger partial charge in [-0.1, -0.05) is 66.7 Å². The number of benzene rings is 2. The number of nitrogens with zero attached hydrogens (tertiary/aromatic N) is 1. The largest absolute Gasteiger partial charge is 0.444 e. The Kier molecular flexibility index (Phi) is 7.07. The van der Waals surface area contributed by atoms with Crippen LogP contribution in [0.3, 0.4) is 0 Å². The van der Waals surface area contributed by atoms with Crippen molar-refractivity contribution in [3.63, 3.8) is 0 Å². The molecule has 1 heterocycles. The summed E-state index contributed by atoms with van der Waals surface area (Å²) in [5, 5.41) is 3.57. The molecule has 1 amide bonds. The lowest BCUT2D eigenvalue weighted by molar-refractivity contribution is -0.0502. The number of hydrogen-bond donors (Lipinski definition) is 1. The van der Waals surface area contributed by atoms with Crippen molar-refractivity contribution in [3.8, 4) is 0 Å². The molecule has 1 aliphatic rings. The van der Waals surface area contributed by atoms with Crippen LogP contribution in [0, 0.1) is 0 Å². The van der Waals surface area contributed by atoms with E-state index in [2.05, 4.69) is 24.0 Å². The first-order chi connectivity index (χ1) is 14.0. The third kappa shape index (κ3) is 5.46. The first-order valence-corrected chi connectivity index (χ1v) is 10.0. The van der Waals surface area contributed by atoms with E-state index in [1.807, 2.05) is 68.5 Å². The van der Waals surface area contributed by atoms with Gasteiger partial charge in [0.15, 0.2) is 0 Å². The molecular formula is C24H30N2O3. The van der Waals surface area contributed by atoms with Crippen LogP contribution in [-0.2, 0) is 22.6 Å². The Morgan fingerprint density at radius 2 is 1.83 bits per heavy atom. The molecule has 29 heavy (non-hydrogen) atoms. The predicted octanol–water partition coefficient (Wildman–Crippen LogP) is 4.49. The van der Waals surface area contributed by atoms with Crippen LogP contribution >= 0.6 is 0 Å². The van der Waals surface area contributed by atoms with Crippen molar-refractivity contribution in [1.29, 1.82) is 0 Å². The van der Waals surface area contributed by atoms with Crippen molar-refractivity contribution in [2.24, 2.45) is 0 Å². The van der Waals surface area contributed by atoms with Crippen LogP contribution < -0.4 is 5.32 Å². The number of carbonyl (C=O) groups excluding carboxylic acids is 1. The minimum Gasteiger partial charge on any atom is -0.444 e. The summed E-state index contributed by atoms with van der Waals surface area (Å²) < 4.78 is 11.6. The minimum absolute atomic E-state index is 0.0127. The van der Waals surface area contributed by atoms with Gasteiger partial charge in [0, 0.05) is 12.6 Å². The maximum absolute atomic E-state index is 13.0. The van der Waals surface area contributed by atoms with Crippen LogP contribution in [0.5, 0.6) is 0 Å². The molecule has 0 aliphatic carbocycles. The van der Waals surface area contributed by atoms with Crippen molar-refractivity contribution in [2.75, 3.05) is 6.61 Å². The number of amides is 1. The molecule has 3 rings (SSSR count). The van der Waals surface area contributed by atoms with Crippen molar-refractivity contribution >= 4 is 6.09 Å². The third-order valence-corrected chi connectivity index (χ3v) is 5.22. The van der Waals surface area contributed by atoms with Gasteiger partial charge in [-0.3, -0.25) is 4.90 Å². The first-order valence-electron chi connectivity index (χ1n) is 10.0. The molecule has 0 spiro atoms. The fourth-order valence-electron chi connectivity index (χ4n) is 3.67. The van der Waals surface area contributed by atoms with E-state index in [-0.39, 0.29) is 24.8 Å². The fourth-order valence-corrected chi connectivity index (χ4v) is 3.67. The quantitative estimate of drug-likeness (QED) is 0.670. The van der Waals surface area contributed by atoms with Gasteiger partial charge in [0.2, 0.25) is 0 Å². The van der Waals surface area contributed by atoms with E-state index >= 15 is 0 Å². The van der Waals surface area contributed by atoms with Gasteiger partial charge in [0.1, 0.15) is 12.3 Å². The average Bonchev–Trinajstić information content (AvgIpc) is 3.06. The number of carbonyl (C=O) groups is 1. The van der Waals surface area contributed by atoms with Crippen molar-refractivity contribution in [1.82, 2.24) is 10.2 Å². The highest BCUT2D eigenvalue weighted by atomic mass is 16.6. The van der Waals surface area contributed by atoms with Crippen LogP contribution in [0.2, 0.25) is 0 Å². The molecule has 2 aromatic carbocycles. The molecule has 1 fully saturated rings. The molecule has 1 aliphatic heterocycles. The van der Waals surface area contributed by atoms with Crippen molar-refractivity contribution < 1.29 is 14.3 Å². The summed E-state index contributed by atoms with van der Waals surface area (Å²) in [4.78, 5) is 14.7. The summed E-state index contributed by atoms with van der Waals surface area (Å²) in [5.41, 5.74) is 1.42. The number of nitrogens with one attached hydrogen (secondary N) is 1. The molecule has 0 unspecified atom stereocenters. The molecule has 5 heteroatoms. The first kappa shape index (κ1) is 21.1. The van der Waals surface area contributed by atoms with E-state index in [1.165, 1.54) is 5.56 Å². The van der Waals surface area contributed by atoms with Gasteiger partial charge in [-0.05, 0) is 31.4 Å². The normalized spacial score (nSPS) is 19.0. The van der Waals surface area contributed by atoms with Gasteiger partial charge in [-0.15, -0.1) is 6.58 Å². The van der Waals surface area contributed by atoms with Gasteiger partial charge in [-0.2, -0.15) is 0 Å². The topological polar surface area (TPSA) is 50.8 Å². The smallest absolute Gasteiger partial charge is 0.412 e. The van der Waals surface area contributed by atoms with Crippen LogP contribution in [-0.4, -0.2) is 35.4 Å². The van der Waals surface area contributed by atoms with E-state index in [0.717, 1.165) is 12.0 Å². The molecule has 154 valence electrons. The zero-order valence-corrected chi connectivity index (χ0v) is 17.2. The van der Waals surface area contributed by atoms with Crippen LogP contribution in [0.4, 0.5) is 4.79 Å². The van der Waals surface area contributed by atoms with Gasteiger partial charge >= 0.3 is 6.09 Å². The lowest BCUT2D eigenvalue weighted by atomic mass is 10.0. The maximum Gasteiger partial charge on any atom is 0.412 e. The zero-order valence-electron chi connectivity index (χ0n) is 17.2. The van der Waals surface area contributed by atoms with Gasteiger partial charge < -0.3 is 14.8 Å². The summed E-state index contributed by atoms with van der Waals surface area (Å²) >= 11 is 0. The van der Waals surface area contributed by atoms with E-state index in [0.29, 0.717) is 13.2 Å². The number of ether oxygens (including phenoxy) is 2. The summed E-state index contributed by atoms with van der Waals surface area (Å²) in [6.07, 6.45) is 2.23. The monoisotopic (exact) mass is 394 g/mol. The predicted molar refractivity (Wildman–Crippen MR) is 114 cm³/mol. The van der Waals surface area contributed by atoms with Crippen molar-refractivity contribution in [3.05, 3.63) is 84.4 Å². The maximum atomic E-state index is 13.0. The van der Waals surface area contributed by atoms with Gasteiger partial charge in [-0.25, -0.2) is 4.79 Å². The molecule has 2 atom stereocenters. The summed E-state index contributed by atoms with van der Waals surface area (Å²) in [7, 11) is 0. The Morgan fingerprint density at radius 3 is 2.45 bits per heavy atom. The second kappa shape index (κ2) is 9.72. The fraction of sp³-hybridized carbons (Fsp3) is 0.375. The zero-order chi connectivity index (χ0) is 20.7. The molecule has 2 aromatic rings. The Morgan fingerprint density at radius 1 is 1.21 bits per heavy atom. The standard InChI is InChI=1S/C24H30N2O3/c1-4-11-21(25-16-19-12-7-5-8-13-19)22-18-29-24(2,3)26(22)23(27)28-17-20-14-9-6-10-15-20/h4-10,12-15,21-22,25H,1,11,16-18H2,2-3H3/t21-,22+/m0/s1. The van der Waals surface area contributed by atoms with E-state index in [4.69, 9.17) is 9.47 Å². The minimum atomic E-state index is -0.730. The lowest BCUT2D eigenvalue weighted by Gasteiger charge is -2.36. The SMILES string of the molecule is C=CC[C@H](NCc1ccccc1)[C@H]1COC(C)(C)N1C(=O)OCc1ccccc1. The van der Waals surface area contributed by atoms with E-state index in [1.54, 1.807) is 4.90 Å². The lowest BCUT2D eigenvalue weighted by Crippen LogP contribution is -2.55. The third-order valence-electron chi connectivity index (χ3n) is 5.22. The molecular weight excluding hydrogens is 364 g/mol. The van der Waals surface area contributed by atoms with Crippen LogP contribution in [0.25, 0.3) is 0 Å². The second-order valence-corrected chi connectivity index (χ2v) is 7.73. The number of rotatable bonds is 8. The summed E-state index contributed by atoms with van der Waals surface area (Å²) in [6.45, 7) is 9.10. The van der Waals surface area contributed by atoms with E-state index in [9.17, 15) is 4.79 Å². The second-order valence-electron chi connectivity index (χ2n) is 7.73. The molecule has 1 N–H and O–H groups in total. The highest BCUT2D eigenvalue weighted by Crippen LogP contribution is 2.31. The van der Waals surface area contributed by atoms with Gasteiger partial charge in [0.25, 0.3) is 0 Å². The highest BCUT2D eigenvalue weighted by Gasteiger charge is 2.47. The molecule has 1 saturated heterocycles. The molecule has 0 bridgehead atoms.